The first-order chi connectivity index (χ1) is 21.4. The van der Waals surface area contributed by atoms with E-state index in [4.69, 9.17) is 16.6 Å². The third-order valence-electron chi connectivity index (χ3n) is 8.06. The number of aryl methyl sites for hydroxylation is 2. The zero-order chi connectivity index (χ0) is 32.5. The van der Waals surface area contributed by atoms with Crippen molar-refractivity contribution >= 4 is 28.8 Å². The van der Waals surface area contributed by atoms with E-state index >= 15 is 0 Å². The number of nitrogens with one attached hydrogen (secondary N) is 1. The van der Waals surface area contributed by atoms with Gasteiger partial charge in [-0.15, -0.1) is 11.3 Å². The standard InChI is InChI=1S/C34H36ClF3N4O2S/c1-5-21-8-7-9-22(6-2)30(21)42-28(16-20(3)4)25(32(43)41-15-14-39-29(18-41)34(36,37)38)17-26(33(42)44)31-40-27(19-45-31)23-10-12-24(35)13-11-23/h7-13,17,19-20,29,39H,5-6,14-16,18H2,1-4H3. The molecule has 11 heteroatoms. The number of carbonyl (C=O) groups is 1. The molecule has 2 aromatic carbocycles. The molecule has 1 amide bonds. The van der Waals surface area contributed by atoms with Crippen LogP contribution in [0.4, 0.5) is 13.2 Å². The number of pyridine rings is 1. The van der Waals surface area contributed by atoms with E-state index in [2.05, 4.69) is 5.32 Å². The molecule has 0 saturated carbocycles. The van der Waals surface area contributed by atoms with Crippen molar-refractivity contribution in [2.24, 2.45) is 5.92 Å². The molecule has 1 unspecified atom stereocenters. The van der Waals surface area contributed by atoms with Gasteiger partial charge in [0.05, 0.1) is 22.5 Å². The van der Waals surface area contributed by atoms with Crippen molar-refractivity contribution in [3.63, 3.8) is 0 Å². The maximum atomic E-state index is 14.7. The van der Waals surface area contributed by atoms with Crippen LogP contribution in [-0.4, -0.2) is 52.2 Å². The number of aromatic nitrogens is 2. The number of nitrogens with zero attached hydrogens (tertiary/aromatic N) is 3. The lowest BCUT2D eigenvalue weighted by Crippen LogP contribution is -2.58. The fraction of sp³-hybridized carbons (Fsp3) is 0.382. The quantitative estimate of drug-likeness (QED) is 0.212. The van der Waals surface area contributed by atoms with E-state index in [1.54, 1.807) is 22.8 Å². The predicted octanol–water partition coefficient (Wildman–Crippen LogP) is 7.58. The molecule has 1 aliphatic rings. The van der Waals surface area contributed by atoms with Gasteiger partial charge in [0.2, 0.25) is 0 Å². The van der Waals surface area contributed by atoms with Gasteiger partial charge in [0.15, 0.2) is 0 Å². The molecule has 1 fully saturated rings. The van der Waals surface area contributed by atoms with E-state index in [1.165, 1.54) is 16.2 Å². The first-order valence-corrected chi connectivity index (χ1v) is 16.4. The minimum absolute atomic E-state index is 0.0114. The topological polar surface area (TPSA) is 67.2 Å². The number of alkyl halides is 3. The molecule has 0 aliphatic carbocycles. The normalized spacial score (nSPS) is 15.6. The molecule has 5 rings (SSSR count). The van der Waals surface area contributed by atoms with Gasteiger partial charge in [-0.1, -0.05) is 69.6 Å². The lowest BCUT2D eigenvalue weighted by atomic mass is 9.96. The summed E-state index contributed by atoms with van der Waals surface area (Å²) in [5, 5.41) is 5.33. The van der Waals surface area contributed by atoms with Crippen molar-refractivity contribution in [3.8, 4) is 27.5 Å². The maximum absolute atomic E-state index is 14.7. The summed E-state index contributed by atoms with van der Waals surface area (Å²) < 4.78 is 42.8. The zero-order valence-electron chi connectivity index (χ0n) is 25.7. The number of rotatable bonds is 8. The van der Waals surface area contributed by atoms with Crippen molar-refractivity contribution in [1.82, 2.24) is 19.8 Å². The summed E-state index contributed by atoms with van der Waals surface area (Å²) in [6.07, 6.45) is -2.83. The number of hydrogen-bond acceptors (Lipinski definition) is 5. The second-order valence-electron chi connectivity index (χ2n) is 11.6. The molecule has 238 valence electrons. The van der Waals surface area contributed by atoms with Crippen molar-refractivity contribution < 1.29 is 18.0 Å². The van der Waals surface area contributed by atoms with Gasteiger partial charge in [0.25, 0.3) is 11.5 Å². The first kappa shape index (κ1) is 32.9. The fourth-order valence-corrected chi connectivity index (χ4v) is 6.75. The van der Waals surface area contributed by atoms with Gasteiger partial charge in [0.1, 0.15) is 11.0 Å². The molecule has 6 nitrogen and oxygen atoms in total. The Hall–Kier alpha value is -3.47. The second-order valence-corrected chi connectivity index (χ2v) is 12.9. The van der Waals surface area contributed by atoms with Crippen LogP contribution in [0.5, 0.6) is 0 Å². The summed E-state index contributed by atoms with van der Waals surface area (Å²) in [4.78, 5) is 35.0. The Morgan fingerprint density at radius 3 is 2.38 bits per heavy atom. The molecule has 1 atom stereocenters. The van der Waals surface area contributed by atoms with Crippen molar-refractivity contribution in [2.75, 3.05) is 19.6 Å². The van der Waals surface area contributed by atoms with Gasteiger partial charge in [0, 0.05) is 41.3 Å². The van der Waals surface area contributed by atoms with Crippen LogP contribution < -0.4 is 10.9 Å². The summed E-state index contributed by atoms with van der Waals surface area (Å²) in [6.45, 7) is 7.63. The van der Waals surface area contributed by atoms with Crippen LogP contribution >= 0.6 is 22.9 Å². The molecule has 4 aromatic rings. The Labute approximate surface area is 269 Å². The third kappa shape index (κ3) is 6.88. The molecule has 0 bridgehead atoms. The molecular formula is C34H36ClF3N4O2S. The predicted molar refractivity (Wildman–Crippen MR) is 175 cm³/mol. The van der Waals surface area contributed by atoms with Crippen LogP contribution in [0, 0.1) is 5.92 Å². The van der Waals surface area contributed by atoms with E-state index in [-0.39, 0.29) is 35.7 Å². The van der Waals surface area contributed by atoms with Crippen LogP contribution in [0.3, 0.4) is 0 Å². The van der Waals surface area contributed by atoms with E-state index in [1.807, 2.05) is 63.4 Å². The van der Waals surface area contributed by atoms with E-state index in [0.717, 1.165) is 22.4 Å². The SMILES string of the molecule is CCc1cccc(CC)c1-n1c(CC(C)C)c(C(=O)N2CCNC(C(F)(F)F)C2)cc(-c2nc(-c3ccc(Cl)cc3)cs2)c1=O. The third-order valence-corrected chi connectivity index (χ3v) is 9.18. The van der Waals surface area contributed by atoms with Crippen LogP contribution in [0.2, 0.25) is 5.02 Å². The summed E-state index contributed by atoms with van der Waals surface area (Å²) in [5.41, 5.74) is 4.70. The van der Waals surface area contributed by atoms with Gasteiger partial charge in [-0.25, -0.2) is 4.98 Å². The molecular weight excluding hydrogens is 621 g/mol. The highest BCUT2D eigenvalue weighted by Crippen LogP contribution is 2.33. The van der Waals surface area contributed by atoms with Crippen molar-refractivity contribution in [2.45, 2.75) is 59.2 Å². The van der Waals surface area contributed by atoms with Crippen LogP contribution in [0.1, 0.15) is 54.9 Å². The number of piperazine rings is 1. The van der Waals surface area contributed by atoms with Gasteiger partial charge in [-0.05, 0) is 54.5 Å². The van der Waals surface area contributed by atoms with Gasteiger partial charge >= 0.3 is 6.18 Å². The Morgan fingerprint density at radius 2 is 1.78 bits per heavy atom. The highest BCUT2D eigenvalue weighted by Gasteiger charge is 2.43. The first-order valence-electron chi connectivity index (χ1n) is 15.1. The fourth-order valence-electron chi connectivity index (χ4n) is 5.79. The van der Waals surface area contributed by atoms with Gasteiger partial charge < -0.3 is 10.2 Å². The molecule has 3 heterocycles. The number of amides is 1. The summed E-state index contributed by atoms with van der Waals surface area (Å²) in [7, 11) is 0. The van der Waals surface area contributed by atoms with Gasteiger partial charge in [-0.2, -0.15) is 13.2 Å². The number of hydrogen-bond donors (Lipinski definition) is 1. The minimum Gasteiger partial charge on any atom is -0.335 e. The second kappa shape index (κ2) is 13.5. The Kier molecular flexibility index (Phi) is 9.86. The number of benzene rings is 2. The number of carbonyl (C=O) groups excluding carboxylic acids is 1. The van der Waals surface area contributed by atoms with Crippen LogP contribution in [0.25, 0.3) is 27.5 Å². The summed E-state index contributed by atoms with van der Waals surface area (Å²) in [5.74, 6) is -0.479. The minimum atomic E-state index is -4.50. The Balaban J connectivity index is 1.77. The zero-order valence-corrected chi connectivity index (χ0v) is 27.2. The van der Waals surface area contributed by atoms with E-state index in [0.29, 0.717) is 40.7 Å². The number of thiazole rings is 1. The average molecular weight is 657 g/mol. The lowest BCUT2D eigenvalue weighted by Gasteiger charge is -2.35. The van der Waals surface area contributed by atoms with Crippen molar-refractivity contribution in [1.29, 1.82) is 0 Å². The lowest BCUT2D eigenvalue weighted by molar-refractivity contribution is -0.162. The molecule has 2 aromatic heterocycles. The van der Waals surface area contributed by atoms with Gasteiger partial charge in [-0.3, -0.25) is 14.2 Å². The molecule has 1 N–H and O–H groups in total. The monoisotopic (exact) mass is 656 g/mol. The Morgan fingerprint density at radius 1 is 1.11 bits per heavy atom. The smallest absolute Gasteiger partial charge is 0.335 e. The average Bonchev–Trinajstić information content (AvgIpc) is 3.50. The summed E-state index contributed by atoms with van der Waals surface area (Å²) in [6, 6.07) is 12.8. The highest BCUT2D eigenvalue weighted by atomic mass is 35.5. The summed E-state index contributed by atoms with van der Waals surface area (Å²) >= 11 is 7.36. The molecule has 45 heavy (non-hydrogen) atoms. The van der Waals surface area contributed by atoms with Crippen molar-refractivity contribution in [3.05, 3.63) is 91.7 Å². The van der Waals surface area contributed by atoms with E-state index < -0.39 is 24.7 Å². The number of para-hydroxylation sites is 1. The molecule has 1 aliphatic heterocycles. The highest BCUT2D eigenvalue weighted by molar-refractivity contribution is 7.13. The Bertz CT molecular complexity index is 1730. The molecule has 1 saturated heterocycles. The van der Waals surface area contributed by atoms with Crippen LogP contribution in [0.15, 0.2) is 58.7 Å². The van der Waals surface area contributed by atoms with Crippen LogP contribution in [-0.2, 0) is 19.3 Å². The largest absolute Gasteiger partial charge is 0.405 e. The maximum Gasteiger partial charge on any atom is 0.405 e. The van der Waals surface area contributed by atoms with E-state index in [9.17, 15) is 22.8 Å². The number of halogens is 4. The molecule has 0 radical (unpaired) electrons. The molecule has 0 spiro atoms.